The van der Waals surface area contributed by atoms with Crippen LogP contribution < -0.4 is 4.74 Å². The van der Waals surface area contributed by atoms with Gasteiger partial charge in [-0.3, -0.25) is 9.48 Å². The zero-order chi connectivity index (χ0) is 27.7. The molecule has 1 aliphatic heterocycles. The Kier molecular flexibility index (Phi) is 7.95. The first-order valence-electron chi connectivity index (χ1n) is 13.0. The Labute approximate surface area is 241 Å². The van der Waals surface area contributed by atoms with Gasteiger partial charge in [0.25, 0.3) is 5.91 Å². The lowest BCUT2D eigenvalue weighted by molar-refractivity contribution is -0.0367. The van der Waals surface area contributed by atoms with E-state index in [1.54, 1.807) is 34.6 Å². The largest absolute Gasteiger partial charge is 0.477 e. The van der Waals surface area contributed by atoms with Crippen LogP contribution in [0, 0.1) is 22.8 Å². The van der Waals surface area contributed by atoms with Gasteiger partial charge in [-0.25, -0.2) is 9.36 Å². The number of nitrogens with zero attached hydrogens (tertiary/aromatic N) is 7. The molecule has 204 valence electrons. The lowest BCUT2D eigenvalue weighted by atomic mass is 10.1. The minimum absolute atomic E-state index is 0.0551. The SMILES string of the molecule is C#Cc1nn(C2CCCCO2)c2ccc(-c3cnn(C)c3OCCCN(C)C(=O)c3c(I)c(C)nn3C)cc12. The third-order valence-electron chi connectivity index (χ3n) is 7.04. The van der Waals surface area contributed by atoms with Crippen LogP contribution >= 0.6 is 22.6 Å². The molecule has 0 bridgehead atoms. The van der Waals surface area contributed by atoms with Crippen molar-refractivity contribution in [3.63, 3.8) is 0 Å². The van der Waals surface area contributed by atoms with Gasteiger partial charge in [-0.1, -0.05) is 6.07 Å². The van der Waals surface area contributed by atoms with E-state index >= 15 is 0 Å². The first-order valence-corrected chi connectivity index (χ1v) is 14.1. The Morgan fingerprint density at radius 1 is 1.28 bits per heavy atom. The van der Waals surface area contributed by atoms with Crippen molar-refractivity contribution in [2.75, 3.05) is 26.8 Å². The first-order chi connectivity index (χ1) is 18.8. The van der Waals surface area contributed by atoms with Crippen molar-refractivity contribution in [2.24, 2.45) is 14.1 Å². The molecule has 1 amide bonds. The highest BCUT2D eigenvalue weighted by Crippen LogP contribution is 2.34. The molecule has 1 fully saturated rings. The molecule has 4 aromatic rings. The van der Waals surface area contributed by atoms with Crippen molar-refractivity contribution in [3.05, 3.63) is 45.0 Å². The van der Waals surface area contributed by atoms with E-state index in [4.69, 9.17) is 15.9 Å². The summed E-state index contributed by atoms with van der Waals surface area (Å²) in [6.45, 7) is 3.62. The van der Waals surface area contributed by atoms with Crippen LogP contribution in [-0.4, -0.2) is 67.0 Å². The van der Waals surface area contributed by atoms with Gasteiger partial charge in [0.15, 0.2) is 6.23 Å². The third-order valence-corrected chi connectivity index (χ3v) is 8.33. The molecule has 0 radical (unpaired) electrons. The van der Waals surface area contributed by atoms with Crippen molar-refractivity contribution >= 4 is 39.4 Å². The third kappa shape index (κ3) is 5.27. The summed E-state index contributed by atoms with van der Waals surface area (Å²) in [6, 6.07) is 6.12. The Morgan fingerprint density at radius 2 is 2.10 bits per heavy atom. The summed E-state index contributed by atoms with van der Waals surface area (Å²) >= 11 is 2.17. The number of hydrogen-bond donors (Lipinski definition) is 0. The number of ether oxygens (including phenoxy) is 2. The molecule has 0 N–H and O–H groups in total. The number of terminal acetylenes is 1. The second-order valence-electron chi connectivity index (χ2n) is 9.78. The summed E-state index contributed by atoms with van der Waals surface area (Å²) in [5.74, 6) is 3.33. The van der Waals surface area contributed by atoms with Gasteiger partial charge in [-0.2, -0.15) is 15.3 Å². The Hall–Kier alpha value is -3.37. The van der Waals surface area contributed by atoms with Crippen molar-refractivity contribution in [1.29, 1.82) is 0 Å². The number of amides is 1. The average molecular weight is 642 g/mol. The number of benzene rings is 1. The van der Waals surface area contributed by atoms with E-state index in [1.807, 2.05) is 36.9 Å². The van der Waals surface area contributed by atoms with E-state index in [-0.39, 0.29) is 12.1 Å². The van der Waals surface area contributed by atoms with Gasteiger partial charge in [-0.05, 0) is 78.8 Å². The van der Waals surface area contributed by atoms with Gasteiger partial charge < -0.3 is 14.4 Å². The minimum Gasteiger partial charge on any atom is -0.477 e. The zero-order valence-corrected chi connectivity index (χ0v) is 24.8. The summed E-state index contributed by atoms with van der Waals surface area (Å²) < 4.78 is 18.3. The molecule has 1 atom stereocenters. The highest BCUT2D eigenvalue weighted by molar-refractivity contribution is 14.1. The van der Waals surface area contributed by atoms with Gasteiger partial charge in [-0.15, -0.1) is 6.42 Å². The van der Waals surface area contributed by atoms with Crippen molar-refractivity contribution in [3.8, 4) is 29.4 Å². The van der Waals surface area contributed by atoms with Gasteiger partial charge in [0.2, 0.25) is 5.88 Å². The van der Waals surface area contributed by atoms with Crippen LogP contribution in [-0.2, 0) is 18.8 Å². The normalized spacial score (nSPS) is 15.4. The number of aromatic nitrogens is 6. The van der Waals surface area contributed by atoms with Crippen LogP contribution in [0.2, 0.25) is 0 Å². The molecule has 1 aromatic carbocycles. The van der Waals surface area contributed by atoms with E-state index in [2.05, 4.69) is 43.8 Å². The van der Waals surface area contributed by atoms with Crippen LogP contribution in [0.3, 0.4) is 0 Å². The Bertz CT molecular complexity index is 1560. The van der Waals surface area contributed by atoms with Crippen molar-refractivity contribution in [1.82, 2.24) is 34.2 Å². The second-order valence-corrected chi connectivity index (χ2v) is 10.9. The maximum Gasteiger partial charge on any atom is 0.272 e. The number of fused-ring (bicyclic) bond motifs is 1. The molecule has 1 aliphatic rings. The number of hydrogen-bond acceptors (Lipinski definition) is 6. The number of rotatable bonds is 8. The number of carbonyl (C=O) groups is 1. The summed E-state index contributed by atoms with van der Waals surface area (Å²) in [6.07, 6.45) is 11.3. The lowest BCUT2D eigenvalue weighted by Crippen LogP contribution is -2.30. The summed E-state index contributed by atoms with van der Waals surface area (Å²) in [4.78, 5) is 14.7. The van der Waals surface area contributed by atoms with E-state index in [9.17, 15) is 4.79 Å². The highest BCUT2D eigenvalue weighted by Gasteiger charge is 2.23. The molecule has 0 spiro atoms. The maximum absolute atomic E-state index is 13.0. The van der Waals surface area contributed by atoms with E-state index in [0.29, 0.717) is 36.8 Å². The fraction of sp³-hybridized carbons (Fsp3) is 0.429. The van der Waals surface area contributed by atoms with Crippen LogP contribution in [0.4, 0.5) is 0 Å². The van der Waals surface area contributed by atoms with Gasteiger partial charge >= 0.3 is 0 Å². The lowest BCUT2D eigenvalue weighted by Gasteiger charge is -2.23. The summed E-state index contributed by atoms with van der Waals surface area (Å²) in [5, 5.41) is 14.4. The fourth-order valence-corrected chi connectivity index (χ4v) is 5.65. The predicted molar refractivity (Wildman–Crippen MR) is 156 cm³/mol. The average Bonchev–Trinajstić information content (AvgIpc) is 3.58. The zero-order valence-electron chi connectivity index (χ0n) is 22.6. The van der Waals surface area contributed by atoms with Crippen LogP contribution in [0.25, 0.3) is 22.0 Å². The monoisotopic (exact) mass is 641 g/mol. The van der Waals surface area contributed by atoms with Crippen molar-refractivity contribution in [2.45, 2.75) is 38.8 Å². The standard InChI is InChI=1S/C28H32IN7O3/c1-6-22-20-16-19(11-12-23(20)36(32-22)24-10-7-8-14-38-24)21-17-30-35(5)28(21)39-15-9-13-33(3)27(37)26-25(29)18(2)31-34(26)4/h1,11-12,16-17,24H,7-10,13-15H2,2-5H3. The maximum atomic E-state index is 13.0. The van der Waals surface area contributed by atoms with E-state index in [1.165, 1.54) is 0 Å². The summed E-state index contributed by atoms with van der Waals surface area (Å²) in [5.41, 5.74) is 4.82. The quantitative estimate of drug-likeness (QED) is 0.162. The van der Waals surface area contributed by atoms with Crippen molar-refractivity contribution < 1.29 is 14.3 Å². The second kappa shape index (κ2) is 11.4. The van der Waals surface area contributed by atoms with Gasteiger partial charge in [0.05, 0.1) is 33.1 Å². The van der Waals surface area contributed by atoms with Gasteiger partial charge in [0, 0.05) is 39.7 Å². The molecule has 1 saturated heterocycles. The first kappa shape index (κ1) is 27.2. The minimum atomic E-state index is -0.0955. The smallest absolute Gasteiger partial charge is 0.272 e. The molecule has 39 heavy (non-hydrogen) atoms. The van der Waals surface area contributed by atoms with Crippen LogP contribution in [0.5, 0.6) is 5.88 Å². The topological polar surface area (TPSA) is 92.2 Å². The fourth-order valence-electron chi connectivity index (χ4n) is 4.96. The molecule has 3 aromatic heterocycles. The summed E-state index contributed by atoms with van der Waals surface area (Å²) in [7, 11) is 5.44. The predicted octanol–water partition coefficient (Wildman–Crippen LogP) is 4.30. The molecule has 10 nitrogen and oxygen atoms in total. The molecule has 1 unspecified atom stereocenters. The molecule has 11 heteroatoms. The van der Waals surface area contributed by atoms with Crippen LogP contribution in [0.15, 0.2) is 24.4 Å². The molecule has 0 saturated carbocycles. The van der Waals surface area contributed by atoms with Gasteiger partial charge in [0.1, 0.15) is 11.4 Å². The number of aryl methyl sites for hydroxylation is 3. The molecule has 4 heterocycles. The number of carbonyl (C=O) groups excluding carboxylic acids is 1. The molecular weight excluding hydrogens is 609 g/mol. The molecule has 0 aliphatic carbocycles. The Morgan fingerprint density at radius 3 is 2.79 bits per heavy atom. The van der Waals surface area contributed by atoms with E-state index in [0.717, 1.165) is 57.2 Å². The van der Waals surface area contributed by atoms with E-state index < -0.39 is 0 Å². The number of halogens is 1. The Balaban J connectivity index is 1.29. The molecule has 5 rings (SSSR count). The molecular formula is C28H32IN7O3. The van der Waals surface area contributed by atoms with Crippen LogP contribution in [0.1, 0.15) is 53.8 Å². The highest BCUT2D eigenvalue weighted by atomic mass is 127.